The van der Waals surface area contributed by atoms with E-state index in [2.05, 4.69) is 15.2 Å². The number of carbonyl (C=O) groups excluding carboxylic acids is 1. The third-order valence-corrected chi connectivity index (χ3v) is 4.15. The number of alkyl halides is 2. The zero-order chi connectivity index (χ0) is 19.7. The molecule has 0 saturated heterocycles. The van der Waals surface area contributed by atoms with Crippen LogP contribution in [0.2, 0.25) is 0 Å². The van der Waals surface area contributed by atoms with E-state index in [9.17, 15) is 13.6 Å². The summed E-state index contributed by atoms with van der Waals surface area (Å²) in [5, 5.41) is 8.12. The molecule has 0 amide bonds. The average molecular weight is 383 g/mol. The van der Waals surface area contributed by atoms with E-state index in [0.717, 1.165) is 4.57 Å². The number of para-hydroxylation sites is 3. The lowest BCUT2D eigenvalue weighted by atomic mass is 10.3. The molecule has 0 fully saturated rings. The van der Waals surface area contributed by atoms with Gasteiger partial charge in [-0.2, -0.15) is 18.7 Å². The first-order valence-corrected chi connectivity index (χ1v) is 8.48. The molecule has 0 spiro atoms. The van der Waals surface area contributed by atoms with Crippen LogP contribution in [0.3, 0.4) is 0 Å². The zero-order valence-electron chi connectivity index (χ0n) is 14.7. The lowest BCUT2D eigenvalue weighted by Gasteiger charge is -2.14. The van der Waals surface area contributed by atoms with E-state index in [1.807, 2.05) is 18.2 Å². The number of hydrogen-bond donors (Lipinski definition) is 0. The third-order valence-electron chi connectivity index (χ3n) is 4.15. The van der Waals surface area contributed by atoms with E-state index in [1.165, 1.54) is 24.0 Å². The number of hydrogen-bond acceptors (Lipinski definition) is 5. The van der Waals surface area contributed by atoms with Gasteiger partial charge in [0.2, 0.25) is 0 Å². The lowest BCUT2D eigenvalue weighted by Crippen LogP contribution is -2.15. The summed E-state index contributed by atoms with van der Waals surface area (Å²) in [6.07, 6.45) is 0.258. The summed E-state index contributed by atoms with van der Waals surface area (Å²) in [7, 11) is 0. The molecule has 1 unspecified atom stereocenters. The molecule has 0 aliphatic carbocycles. The number of nitrogens with zero attached hydrogens (tertiary/aromatic N) is 5. The van der Waals surface area contributed by atoms with E-state index in [-0.39, 0.29) is 17.0 Å². The highest BCUT2D eigenvalue weighted by atomic mass is 19.3. The van der Waals surface area contributed by atoms with Crippen LogP contribution in [-0.4, -0.2) is 30.5 Å². The van der Waals surface area contributed by atoms with Crippen LogP contribution in [0.15, 0.2) is 60.8 Å². The maximum atomic E-state index is 13.6. The van der Waals surface area contributed by atoms with Crippen LogP contribution < -0.4 is 0 Å². The second-order valence-corrected chi connectivity index (χ2v) is 6.01. The van der Waals surface area contributed by atoms with Crippen molar-refractivity contribution in [1.29, 1.82) is 0 Å². The molecular formula is C19H15F2N5O2. The summed E-state index contributed by atoms with van der Waals surface area (Å²) in [5.74, 6) is -0.817. The quantitative estimate of drug-likeness (QED) is 0.488. The molecular weight excluding hydrogens is 368 g/mol. The molecule has 2 aromatic heterocycles. The summed E-state index contributed by atoms with van der Waals surface area (Å²) in [4.78, 5) is 17.9. The van der Waals surface area contributed by atoms with Crippen LogP contribution in [0.5, 0.6) is 0 Å². The highest BCUT2D eigenvalue weighted by Crippen LogP contribution is 2.28. The van der Waals surface area contributed by atoms with E-state index in [1.54, 1.807) is 30.3 Å². The Balaban J connectivity index is 1.58. The molecule has 9 heteroatoms. The van der Waals surface area contributed by atoms with E-state index in [4.69, 9.17) is 4.74 Å². The Labute approximate surface area is 158 Å². The Morgan fingerprint density at radius 1 is 1.07 bits per heavy atom. The topological polar surface area (TPSA) is 74.8 Å². The number of aromatic nitrogens is 5. The van der Waals surface area contributed by atoms with Gasteiger partial charge in [-0.05, 0) is 31.2 Å². The molecule has 7 nitrogen and oxygen atoms in total. The SMILES string of the molecule is CC(OC(=O)c1cnn(-c2ccccc2)n1)c1nc2ccccc2n1C(F)F. The second kappa shape index (κ2) is 7.18. The first-order valence-electron chi connectivity index (χ1n) is 8.48. The van der Waals surface area contributed by atoms with Gasteiger partial charge in [0.15, 0.2) is 17.6 Å². The van der Waals surface area contributed by atoms with Gasteiger partial charge in [-0.3, -0.25) is 4.57 Å². The highest BCUT2D eigenvalue weighted by molar-refractivity contribution is 5.87. The molecule has 4 rings (SSSR count). The number of carbonyl (C=O) groups is 1. The molecule has 0 radical (unpaired) electrons. The van der Waals surface area contributed by atoms with Crippen LogP contribution in [-0.2, 0) is 4.74 Å². The Morgan fingerprint density at radius 2 is 1.79 bits per heavy atom. The minimum Gasteiger partial charge on any atom is -0.450 e. The summed E-state index contributed by atoms with van der Waals surface area (Å²) in [6, 6.07) is 15.5. The highest BCUT2D eigenvalue weighted by Gasteiger charge is 2.25. The molecule has 142 valence electrons. The summed E-state index contributed by atoms with van der Waals surface area (Å²) in [6.45, 7) is -1.33. The molecule has 0 saturated carbocycles. The Kier molecular flexibility index (Phi) is 4.56. The maximum absolute atomic E-state index is 13.6. The van der Waals surface area contributed by atoms with Crippen molar-refractivity contribution in [2.75, 3.05) is 0 Å². The van der Waals surface area contributed by atoms with Gasteiger partial charge in [0, 0.05) is 0 Å². The standard InChI is InChI=1S/C19H15F2N5O2/c1-12(17-23-14-9-5-6-10-16(14)25(17)19(20)21)28-18(27)15-11-22-26(24-15)13-7-3-2-4-8-13/h2-12,19H,1H3. The number of esters is 1. The number of imidazole rings is 1. The van der Waals surface area contributed by atoms with E-state index in [0.29, 0.717) is 11.2 Å². The normalized spacial score (nSPS) is 12.4. The number of rotatable bonds is 5. The summed E-state index contributed by atoms with van der Waals surface area (Å²) >= 11 is 0. The third kappa shape index (κ3) is 3.22. The molecule has 2 heterocycles. The van der Waals surface area contributed by atoms with Gasteiger partial charge in [-0.1, -0.05) is 30.3 Å². The smallest absolute Gasteiger partial charge is 0.361 e. The van der Waals surface area contributed by atoms with Gasteiger partial charge in [-0.25, -0.2) is 9.78 Å². The molecule has 0 aliphatic heterocycles. The fourth-order valence-corrected chi connectivity index (χ4v) is 2.87. The van der Waals surface area contributed by atoms with Gasteiger partial charge in [-0.15, -0.1) is 5.10 Å². The Bertz CT molecular complexity index is 1120. The summed E-state index contributed by atoms with van der Waals surface area (Å²) in [5.41, 5.74) is 1.31. The number of ether oxygens (including phenoxy) is 1. The van der Waals surface area contributed by atoms with Crippen LogP contribution in [0.1, 0.15) is 35.9 Å². The van der Waals surface area contributed by atoms with Crippen molar-refractivity contribution in [2.45, 2.75) is 19.6 Å². The number of benzene rings is 2. The van der Waals surface area contributed by atoms with Gasteiger partial charge in [0.25, 0.3) is 0 Å². The number of halogens is 2. The fraction of sp³-hybridized carbons (Fsp3) is 0.158. The van der Waals surface area contributed by atoms with Crippen molar-refractivity contribution in [2.24, 2.45) is 0 Å². The van der Waals surface area contributed by atoms with Gasteiger partial charge in [0.1, 0.15) is 0 Å². The van der Waals surface area contributed by atoms with E-state index < -0.39 is 18.6 Å². The zero-order valence-corrected chi connectivity index (χ0v) is 14.7. The number of fused-ring (bicyclic) bond motifs is 1. The van der Waals surface area contributed by atoms with Crippen molar-refractivity contribution >= 4 is 17.0 Å². The van der Waals surface area contributed by atoms with Gasteiger partial charge < -0.3 is 4.74 Å². The van der Waals surface area contributed by atoms with Crippen molar-refractivity contribution in [3.63, 3.8) is 0 Å². The van der Waals surface area contributed by atoms with Crippen LogP contribution >= 0.6 is 0 Å². The first-order chi connectivity index (χ1) is 13.5. The van der Waals surface area contributed by atoms with Crippen LogP contribution in [0.25, 0.3) is 16.7 Å². The van der Waals surface area contributed by atoms with Crippen molar-refractivity contribution in [3.05, 3.63) is 72.3 Å². The maximum Gasteiger partial charge on any atom is 0.361 e. The van der Waals surface area contributed by atoms with Crippen LogP contribution in [0.4, 0.5) is 8.78 Å². The van der Waals surface area contributed by atoms with Gasteiger partial charge >= 0.3 is 12.5 Å². The first kappa shape index (κ1) is 17.8. The molecule has 0 N–H and O–H groups in total. The molecule has 28 heavy (non-hydrogen) atoms. The van der Waals surface area contributed by atoms with Gasteiger partial charge in [0.05, 0.1) is 22.9 Å². The predicted molar refractivity (Wildman–Crippen MR) is 96.2 cm³/mol. The Morgan fingerprint density at radius 3 is 2.54 bits per heavy atom. The molecule has 2 aromatic carbocycles. The fourth-order valence-electron chi connectivity index (χ4n) is 2.87. The van der Waals surface area contributed by atoms with Crippen molar-refractivity contribution in [3.8, 4) is 5.69 Å². The molecule has 0 aliphatic rings. The molecule has 1 atom stereocenters. The summed E-state index contributed by atoms with van der Waals surface area (Å²) < 4.78 is 33.2. The van der Waals surface area contributed by atoms with Crippen molar-refractivity contribution < 1.29 is 18.3 Å². The average Bonchev–Trinajstić information content (AvgIpc) is 3.34. The van der Waals surface area contributed by atoms with Crippen molar-refractivity contribution in [1.82, 2.24) is 24.5 Å². The minimum absolute atomic E-state index is 0.0320. The Hall–Kier alpha value is -3.62. The largest absolute Gasteiger partial charge is 0.450 e. The minimum atomic E-state index is -2.82. The monoisotopic (exact) mass is 383 g/mol. The molecule has 0 bridgehead atoms. The molecule has 4 aromatic rings. The van der Waals surface area contributed by atoms with E-state index >= 15 is 0 Å². The van der Waals surface area contributed by atoms with Crippen LogP contribution in [0, 0.1) is 0 Å². The predicted octanol–water partition coefficient (Wildman–Crippen LogP) is 3.93. The second-order valence-electron chi connectivity index (χ2n) is 6.01. The lowest BCUT2D eigenvalue weighted by molar-refractivity contribution is 0.0227.